The summed E-state index contributed by atoms with van der Waals surface area (Å²) in [6, 6.07) is 0. The molecule has 4 heteroatoms. The highest BCUT2D eigenvalue weighted by atomic mass is 16.1. The Balaban J connectivity index is 2.54. The molecule has 0 bridgehead atoms. The quantitative estimate of drug-likeness (QED) is 0.694. The summed E-state index contributed by atoms with van der Waals surface area (Å²) in [6.07, 6.45) is 4.33. The van der Waals surface area contributed by atoms with E-state index in [0.717, 1.165) is 5.57 Å². The van der Waals surface area contributed by atoms with Crippen LogP contribution in [0.4, 0.5) is 0 Å². The van der Waals surface area contributed by atoms with Crippen molar-refractivity contribution in [2.24, 2.45) is 0 Å². The van der Waals surface area contributed by atoms with Crippen LogP contribution in [-0.2, 0) is 0 Å². The fraction of sp³-hybridized carbons (Fsp3) is 0.222. The number of nitrogens with one attached hydrogen (secondary N) is 1. The van der Waals surface area contributed by atoms with E-state index in [2.05, 4.69) is 21.9 Å². The third-order valence-corrected chi connectivity index (χ3v) is 1.37. The van der Waals surface area contributed by atoms with E-state index in [0.29, 0.717) is 12.1 Å². The highest BCUT2D eigenvalue weighted by molar-refractivity contribution is 5.93. The molecule has 4 nitrogen and oxygen atoms in total. The summed E-state index contributed by atoms with van der Waals surface area (Å²) in [6.45, 7) is 6.00. The molecule has 0 aliphatic rings. The molecule has 1 heterocycles. The molecule has 0 aliphatic heterocycles. The van der Waals surface area contributed by atoms with Crippen LogP contribution in [0.2, 0.25) is 0 Å². The number of nitrogens with zero attached hydrogens (tertiary/aromatic N) is 2. The summed E-state index contributed by atoms with van der Waals surface area (Å²) in [4.78, 5) is 18.8. The van der Waals surface area contributed by atoms with Gasteiger partial charge in [-0.15, -0.1) is 0 Å². The normalized spacial score (nSPS) is 9.31. The van der Waals surface area contributed by atoms with Gasteiger partial charge in [-0.3, -0.25) is 4.79 Å². The second-order valence-electron chi connectivity index (χ2n) is 2.77. The minimum absolute atomic E-state index is 0.177. The molecule has 13 heavy (non-hydrogen) atoms. The third kappa shape index (κ3) is 3.02. The lowest BCUT2D eigenvalue weighted by molar-refractivity contribution is 0.0956. The minimum atomic E-state index is -0.177. The Morgan fingerprint density at radius 3 is 2.69 bits per heavy atom. The molecule has 0 aliphatic carbocycles. The predicted octanol–water partition coefficient (Wildman–Crippen LogP) is 0.783. The Morgan fingerprint density at radius 2 is 2.15 bits per heavy atom. The summed E-state index contributed by atoms with van der Waals surface area (Å²) < 4.78 is 0. The van der Waals surface area contributed by atoms with Crippen LogP contribution in [-0.4, -0.2) is 22.4 Å². The van der Waals surface area contributed by atoms with Gasteiger partial charge in [0.2, 0.25) is 0 Å². The van der Waals surface area contributed by atoms with Gasteiger partial charge in [0.15, 0.2) is 0 Å². The molecular weight excluding hydrogens is 166 g/mol. The van der Waals surface area contributed by atoms with Crippen molar-refractivity contribution in [3.8, 4) is 0 Å². The van der Waals surface area contributed by atoms with Crippen LogP contribution < -0.4 is 5.32 Å². The number of amides is 1. The van der Waals surface area contributed by atoms with E-state index in [1.165, 1.54) is 18.7 Å². The maximum Gasteiger partial charge on any atom is 0.254 e. The lowest BCUT2D eigenvalue weighted by atomic mass is 10.3. The smallest absolute Gasteiger partial charge is 0.254 e. The number of hydrogen-bond acceptors (Lipinski definition) is 3. The molecule has 0 spiro atoms. The van der Waals surface area contributed by atoms with E-state index >= 15 is 0 Å². The fourth-order valence-corrected chi connectivity index (χ4v) is 0.750. The average Bonchev–Trinajstić information content (AvgIpc) is 2.15. The molecule has 1 rings (SSSR count). The van der Waals surface area contributed by atoms with Crippen molar-refractivity contribution in [2.45, 2.75) is 6.92 Å². The number of carbonyl (C=O) groups is 1. The fourth-order valence-electron chi connectivity index (χ4n) is 0.750. The molecule has 0 radical (unpaired) electrons. The molecule has 1 amide bonds. The van der Waals surface area contributed by atoms with Crippen molar-refractivity contribution in [3.63, 3.8) is 0 Å². The van der Waals surface area contributed by atoms with Crippen LogP contribution in [0.1, 0.15) is 17.3 Å². The van der Waals surface area contributed by atoms with E-state index in [9.17, 15) is 4.79 Å². The monoisotopic (exact) mass is 177 g/mol. The van der Waals surface area contributed by atoms with Gasteiger partial charge in [0.05, 0.1) is 5.56 Å². The minimum Gasteiger partial charge on any atom is -0.348 e. The largest absolute Gasteiger partial charge is 0.348 e. The summed E-state index contributed by atoms with van der Waals surface area (Å²) in [5.74, 6) is -0.177. The highest BCUT2D eigenvalue weighted by Gasteiger charge is 2.03. The molecule has 68 valence electrons. The number of aromatic nitrogens is 2. The Hall–Kier alpha value is -1.71. The van der Waals surface area contributed by atoms with Crippen LogP contribution in [0, 0.1) is 0 Å². The van der Waals surface area contributed by atoms with Gasteiger partial charge in [-0.1, -0.05) is 12.2 Å². The molecule has 1 aromatic heterocycles. The van der Waals surface area contributed by atoms with Crippen molar-refractivity contribution in [3.05, 3.63) is 36.4 Å². The Morgan fingerprint density at radius 1 is 1.54 bits per heavy atom. The van der Waals surface area contributed by atoms with Crippen molar-refractivity contribution in [1.29, 1.82) is 0 Å². The standard InChI is InChI=1S/C9H11N3O/c1-7(2)3-12-9(13)8-4-10-6-11-5-8/h4-6H,1,3H2,2H3,(H,12,13). The van der Waals surface area contributed by atoms with E-state index in [-0.39, 0.29) is 5.91 Å². The molecule has 0 atom stereocenters. The first-order chi connectivity index (χ1) is 6.20. The number of carbonyl (C=O) groups excluding carboxylic acids is 1. The number of rotatable bonds is 3. The first-order valence-electron chi connectivity index (χ1n) is 3.87. The molecule has 0 saturated heterocycles. The lowest BCUT2D eigenvalue weighted by Crippen LogP contribution is -2.24. The predicted molar refractivity (Wildman–Crippen MR) is 49.2 cm³/mol. The van der Waals surface area contributed by atoms with E-state index < -0.39 is 0 Å². The second-order valence-corrected chi connectivity index (χ2v) is 2.77. The number of hydrogen-bond donors (Lipinski definition) is 1. The molecule has 0 fully saturated rings. The molecule has 1 aromatic rings. The van der Waals surface area contributed by atoms with Crippen LogP contribution in [0.5, 0.6) is 0 Å². The average molecular weight is 177 g/mol. The van der Waals surface area contributed by atoms with Gasteiger partial charge in [0.25, 0.3) is 5.91 Å². The second kappa shape index (κ2) is 4.35. The third-order valence-electron chi connectivity index (χ3n) is 1.37. The van der Waals surface area contributed by atoms with E-state index in [1.807, 2.05) is 6.92 Å². The maximum absolute atomic E-state index is 11.3. The SMILES string of the molecule is C=C(C)CNC(=O)c1cncnc1. The van der Waals surface area contributed by atoms with Crippen molar-refractivity contribution in [1.82, 2.24) is 15.3 Å². The zero-order chi connectivity index (χ0) is 9.68. The summed E-state index contributed by atoms with van der Waals surface area (Å²) in [5.41, 5.74) is 1.37. The van der Waals surface area contributed by atoms with Gasteiger partial charge in [0.1, 0.15) is 6.33 Å². The molecule has 0 aromatic carbocycles. The lowest BCUT2D eigenvalue weighted by Gasteiger charge is -2.02. The molecule has 0 unspecified atom stereocenters. The van der Waals surface area contributed by atoms with Crippen LogP contribution in [0.15, 0.2) is 30.9 Å². The molecule has 0 saturated carbocycles. The van der Waals surface area contributed by atoms with Crippen molar-refractivity contribution >= 4 is 5.91 Å². The zero-order valence-corrected chi connectivity index (χ0v) is 7.45. The summed E-state index contributed by atoms with van der Waals surface area (Å²) in [5, 5.41) is 2.68. The Kier molecular flexibility index (Phi) is 3.14. The first-order valence-corrected chi connectivity index (χ1v) is 3.87. The van der Waals surface area contributed by atoms with Gasteiger partial charge in [-0.25, -0.2) is 9.97 Å². The van der Waals surface area contributed by atoms with Gasteiger partial charge in [0, 0.05) is 18.9 Å². The Labute approximate surface area is 76.7 Å². The van der Waals surface area contributed by atoms with Crippen LogP contribution in [0.3, 0.4) is 0 Å². The van der Waals surface area contributed by atoms with E-state index in [4.69, 9.17) is 0 Å². The van der Waals surface area contributed by atoms with Gasteiger partial charge >= 0.3 is 0 Å². The van der Waals surface area contributed by atoms with Gasteiger partial charge in [-0.2, -0.15) is 0 Å². The van der Waals surface area contributed by atoms with Crippen LogP contribution >= 0.6 is 0 Å². The van der Waals surface area contributed by atoms with Crippen LogP contribution in [0.25, 0.3) is 0 Å². The summed E-state index contributed by atoms with van der Waals surface area (Å²) in [7, 11) is 0. The van der Waals surface area contributed by atoms with Gasteiger partial charge in [-0.05, 0) is 6.92 Å². The van der Waals surface area contributed by atoms with Gasteiger partial charge < -0.3 is 5.32 Å². The highest BCUT2D eigenvalue weighted by Crippen LogP contribution is 1.92. The summed E-state index contributed by atoms with van der Waals surface area (Å²) >= 11 is 0. The molecule has 1 N–H and O–H groups in total. The van der Waals surface area contributed by atoms with E-state index in [1.54, 1.807) is 0 Å². The maximum atomic E-state index is 11.3. The zero-order valence-electron chi connectivity index (χ0n) is 7.45. The van der Waals surface area contributed by atoms with Crippen molar-refractivity contribution < 1.29 is 4.79 Å². The van der Waals surface area contributed by atoms with Crippen molar-refractivity contribution in [2.75, 3.05) is 6.54 Å². The molecular formula is C9H11N3O. The first kappa shape index (κ1) is 9.38. The topological polar surface area (TPSA) is 54.9 Å². The Bertz CT molecular complexity index is 308.